The Balaban J connectivity index is 0.00000180. The van der Waals surface area contributed by atoms with Gasteiger partial charge in [-0.1, -0.05) is 35.6 Å². The molecule has 19 heavy (non-hydrogen) atoms. The summed E-state index contributed by atoms with van der Waals surface area (Å²) in [4.78, 5) is 10.8. The fraction of sp³-hybridized carbons (Fsp3) is 0.214. The molecule has 1 radical (unpaired) electrons. The molecule has 0 saturated heterocycles. The maximum absolute atomic E-state index is 10.8. The number of hydrogen-bond acceptors (Lipinski definition) is 3. The van der Waals surface area contributed by atoms with Crippen LogP contribution in [0.2, 0.25) is 0 Å². The van der Waals surface area contributed by atoms with Gasteiger partial charge < -0.3 is 10.1 Å². The van der Waals surface area contributed by atoms with Gasteiger partial charge in [0.1, 0.15) is 5.75 Å². The summed E-state index contributed by atoms with van der Waals surface area (Å²) in [5, 5.41) is 3.24. The second-order valence-corrected chi connectivity index (χ2v) is 5.50. The van der Waals surface area contributed by atoms with E-state index in [4.69, 9.17) is 4.74 Å². The molecule has 3 nitrogen and oxygen atoms in total. The molecule has 2 rings (SSSR count). The quantitative estimate of drug-likeness (QED) is 0.251. The second kappa shape index (κ2) is 7.55. The van der Waals surface area contributed by atoms with Crippen LogP contribution in [0.3, 0.4) is 0 Å². The zero-order valence-electron chi connectivity index (χ0n) is 10.6. The number of carbonyl (C=O) groups is 1. The Hall–Kier alpha value is -0.196. The molecule has 1 unspecified atom stereocenters. The first kappa shape index (κ1) is 16.9. The van der Waals surface area contributed by atoms with E-state index >= 15 is 0 Å². The number of rotatable bonds is 2. The second-order valence-electron chi connectivity index (χ2n) is 3.99. The molecule has 0 fully saturated rings. The summed E-state index contributed by atoms with van der Waals surface area (Å²) in [5.41, 5.74) is 2.94. The summed E-state index contributed by atoms with van der Waals surface area (Å²) in [6.45, 7) is 5.37. The Bertz CT molecular complexity index is 511. The van der Waals surface area contributed by atoms with Gasteiger partial charge in [0.25, 0.3) is 0 Å². The number of alkyl halides is 1. The molecule has 0 aromatic heterocycles. The average molecular weight is 443 g/mol. The molecule has 97 valence electrons. The van der Waals surface area contributed by atoms with Crippen molar-refractivity contribution >= 4 is 34.3 Å². The van der Waals surface area contributed by atoms with Crippen LogP contribution in [-0.2, 0) is 37.5 Å². The first-order valence-corrected chi connectivity index (χ1v) is 6.80. The van der Waals surface area contributed by atoms with Crippen LogP contribution in [0.5, 0.6) is 5.75 Å². The zero-order chi connectivity index (χ0) is 13.1. The molecule has 0 aliphatic carbocycles. The average Bonchev–Trinajstić information content (AvgIpc) is 2.33. The van der Waals surface area contributed by atoms with Gasteiger partial charge in [-0.05, 0) is 12.1 Å². The number of hydrogen-bond donors (Lipinski definition) is 1. The molecule has 1 N–H and O–H groups in total. The number of halogens is 1. The molecule has 0 saturated carbocycles. The van der Waals surface area contributed by atoms with Crippen LogP contribution >= 0.6 is 22.6 Å². The number of esters is 1. The molecule has 1 aromatic carbocycles. The molecule has 1 atom stereocenters. The van der Waals surface area contributed by atoms with Crippen molar-refractivity contribution in [3.05, 3.63) is 48.2 Å². The topological polar surface area (TPSA) is 38.3 Å². The summed E-state index contributed by atoms with van der Waals surface area (Å²) in [5.74, 6) is 0.235. The number of ether oxygens (including phenoxy) is 1. The minimum atomic E-state index is -0.314. The van der Waals surface area contributed by atoms with Gasteiger partial charge in [0.2, 0.25) is 0 Å². The molecular formula is C14H13INO2Y-. The standard InChI is InChI=1S/C14H13INO2.Y/c1-9-13(15)7-8-14(16-9)11-3-5-12(6-4-11)18-10(2)17;/h3-6,13,16H,1,7H2,2H3;/q-1;. The summed E-state index contributed by atoms with van der Waals surface area (Å²) in [6.07, 6.45) is 4.16. The van der Waals surface area contributed by atoms with E-state index in [1.54, 1.807) is 12.1 Å². The third-order valence-corrected chi connectivity index (χ3v) is 3.72. The van der Waals surface area contributed by atoms with Gasteiger partial charge in [0.15, 0.2) is 0 Å². The van der Waals surface area contributed by atoms with E-state index in [-0.39, 0.29) is 38.7 Å². The fourth-order valence-corrected chi connectivity index (χ4v) is 2.00. The van der Waals surface area contributed by atoms with Gasteiger partial charge in [-0.2, -0.15) is 5.56 Å². The normalized spacial score (nSPS) is 17.9. The van der Waals surface area contributed by atoms with Gasteiger partial charge in [-0.25, -0.2) is 6.08 Å². The van der Waals surface area contributed by atoms with Crippen molar-refractivity contribution in [2.45, 2.75) is 17.3 Å². The summed E-state index contributed by atoms with van der Waals surface area (Å²) in [6, 6.07) is 7.33. The molecule has 0 spiro atoms. The predicted octanol–water partition coefficient (Wildman–Crippen LogP) is 3.06. The molecule has 1 aliphatic heterocycles. The Morgan fingerprint density at radius 3 is 2.63 bits per heavy atom. The summed E-state index contributed by atoms with van der Waals surface area (Å²) < 4.78 is 5.37. The van der Waals surface area contributed by atoms with Gasteiger partial charge >= 0.3 is 5.97 Å². The fourth-order valence-electron chi connectivity index (χ4n) is 1.63. The minimum Gasteiger partial charge on any atom is -0.427 e. The van der Waals surface area contributed by atoms with Crippen LogP contribution < -0.4 is 10.1 Å². The molecular weight excluding hydrogens is 430 g/mol. The Labute approximate surface area is 151 Å². The first-order valence-electron chi connectivity index (χ1n) is 5.56. The van der Waals surface area contributed by atoms with Crippen molar-refractivity contribution in [1.82, 2.24) is 5.32 Å². The zero-order valence-corrected chi connectivity index (χ0v) is 15.6. The van der Waals surface area contributed by atoms with Crippen molar-refractivity contribution in [3.63, 3.8) is 0 Å². The monoisotopic (exact) mass is 443 g/mol. The number of nitrogens with one attached hydrogen (secondary N) is 1. The Morgan fingerprint density at radius 1 is 1.47 bits per heavy atom. The van der Waals surface area contributed by atoms with Crippen LogP contribution in [0.15, 0.2) is 36.5 Å². The molecule has 1 aromatic rings. The minimum absolute atomic E-state index is 0. The smallest absolute Gasteiger partial charge is 0.308 e. The number of carbonyl (C=O) groups excluding carboxylic acids is 1. The van der Waals surface area contributed by atoms with E-state index in [0.29, 0.717) is 9.67 Å². The van der Waals surface area contributed by atoms with E-state index in [9.17, 15) is 4.79 Å². The van der Waals surface area contributed by atoms with Crippen molar-refractivity contribution in [2.75, 3.05) is 0 Å². The van der Waals surface area contributed by atoms with Crippen LogP contribution in [-0.4, -0.2) is 9.89 Å². The van der Waals surface area contributed by atoms with Gasteiger partial charge in [0.05, 0.1) is 0 Å². The van der Waals surface area contributed by atoms with E-state index in [1.165, 1.54) is 6.92 Å². The SMILES string of the molecule is C=C1NC(c2ccc(OC(C)=O)cc2)=[C-]CC1I.[Y]. The van der Waals surface area contributed by atoms with E-state index in [0.717, 1.165) is 23.4 Å². The van der Waals surface area contributed by atoms with Crippen molar-refractivity contribution in [1.29, 1.82) is 0 Å². The molecule has 0 bridgehead atoms. The molecule has 1 aliphatic rings. The van der Waals surface area contributed by atoms with Gasteiger partial charge in [0, 0.05) is 49.3 Å². The molecule has 1 heterocycles. The summed E-state index contributed by atoms with van der Waals surface area (Å²) in [7, 11) is 0. The maximum atomic E-state index is 10.8. The summed E-state index contributed by atoms with van der Waals surface area (Å²) >= 11 is 2.34. The maximum Gasteiger partial charge on any atom is 0.308 e. The predicted molar refractivity (Wildman–Crippen MR) is 79.1 cm³/mol. The van der Waals surface area contributed by atoms with Crippen molar-refractivity contribution in [2.24, 2.45) is 0 Å². The number of benzene rings is 1. The van der Waals surface area contributed by atoms with Crippen LogP contribution in [0, 0.1) is 6.08 Å². The van der Waals surface area contributed by atoms with E-state index < -0.39 is 0 Å². The Kier molecular flexibility index (Phi) is 6.70. The van der Waals surface area contributed by atoms with Crippen LogP contribution in [0.1, 0.15) is 18.9 Å². The first-order chi connectivity index (χ1) is 8.56. The van der Waals surface area contributed by atoms with Gasteiger partial charge in [-0.15, -0.1) is 17.8 Å². The van der Waals surface area contributed by atoms with Crippen molar-refractivity contribution < 1.29 is 42.2 Å². The van der Waals surface area contributed by atoms with Crippen LogP contribution in [0.25, 0.3) is 5.70 Å². The number of allylic oxidation sites excluding steroid dienone is 2. The third kappa shape index (κ3) is 4.69. The van der Waals surface area contributed by atoms with E-state index in [1.807, 2.05) is 12.1 Å². The van der Waals surface area contributed by atoms with Crippen LogP contribution in [0.4, 0.5) is 0 Å². The Morgan fingerprint density at radius 2 is 2.11 bits per heavy atom. The largest absolute Gasteiger partial charge is 0.427 e. The molecule has 0 amide bonds. The van der Waals surface area contributed by atoms with E-state index in [2.05, 4.69) is 40.6 Å². The van der Waals surface area contributed by atoms with Gasteiger partial charge in [-0.3, -0.25) is 4.79 Å². The third-order valence-electron chi connectivity index (χ3n) is 2.53. The molecule has 5 heteroatoms. The van der Waals surface area contributed by atoms with Crippen molar-refractivity contribution in [3.8, 4) is 5.75 Å².